The fourth-order valence-corrected chi connectivity index (χ4v) is 1.71. The normalized spacial score (nSPS) is 13.3. The highest BCUT2D eigenvalue weighted by Gasteiger charge is 2.04. The molecule has 0 radical (unpaired) electrons. The van der Waals surface area contributed by atoms with Gasteiger partial charge in [0.25, 0.3) is 0 Å². The van der Waals surface area contributed by atoms with Gasteiger partial charge in [-0.1, -0.05) is 6.07 Å². The molecule has 1 unspecified atom stereocenters. The molecule has 62 valence electrons. The first kappa shape index (κ1) is 8.71. The number of hydrogen-bond acceptors (Lipinski definition) is 3. The second-order valence-corrected chi connectivity index (χ2v) is 3.49. The van der Waals surface area contributed by atoms with Crippen LogP contribution in [-0.4, -0.2) is 13.6 Å². The molecule has 0 saturated heterocycles. The fourth-order valence-electron chi connectivity index (χ4n) is 0.944. The summed E-state index contributed by atoms with van der Waals surface area (Å²) in [6.07, 6.45) is 1.01. The molecule has 3 heteroatoms. The Morgan fingerprint density at radius 1 is 1.73 bits per heavy atom. The summed E-state index contributed by atoms with van der Waals surface area (Å²) in [5.41, 5.74) is 5.90. The van der Waals surface area contributed by atoms with E-state index in [1.54, 1.807) is 11.3 Å². The molecule has 1 rings (SSSR count). The van der Waals surface area contributed by atoms with Gasteiger partial charge in [0.2, 0.25) is 0 Å². The number of nitrogens with two attached hydrogens (primary N) is 1. The van der Waals surface area contributed by atoms with Crippen molar-refractivity contribution in [1.82, 2.24) is 5.32 Å². The Kier molecular flexibility index (Phi) is 3.56. The van der Waals surface area contributed by atoms with Gasteiger partial charge >= 0.3 is 0 Å². The summed E-state index contributed by atoms with van der Waals surface area (Å²) < 4.78 is 0. The quantitative estimate of drug-likeness (QED) is 0.716. The summed E-state index contributed by atoms with van der Waals surface area (Å²) in [5, 5.41) is 5.15. The first-order valence-electron chi connectivity index (χ1n) is 3.78. The van der Waals surface area contributed by atoms with Crippen LogP contribution in [0.5, 0.6) is 0 Å². The van der Waals surface area contributed by atoms with E-state index in [0.29, 0.717) is 0 Å². The summed E-state index contributed by atoms with van der Waals surface area (Å²) in [5.74, 6) is 0. The van der Waals surface area contributed by atoms with Gasteiger partial charge in [-0.2, -0.15) is 0 Å². The maximum absolute atomic E-state index is 5.90. The van der Waals surface area contributed by atoms with Gasteiger partial charge in [-0.05, 0) is 31.5 Å². The van der Waals surface area contributed by atoms with Crippen molar-refractivity contribution in [3.63, 3.8) is 0 Å². The zero-order valence-electron chi connectivity index (χ0n) is 6.71. The highest BCUT2D eigenvalue weighted by molar-refractivity contribution is 7.10. The molecule has 1 aromatic rings. The third-order valence-corrected chi connectivity index (χ3v) is 2.62. The molecule has 1 atom stereocenters. The van der Waals surface area contributed by atoms with Crippen molar-refractivity contribution in [2.45, 2.75) is 12.5 Å². The minimum Gasteiger partial charge on any atom is -0.323 e. The summed E-state index contributed by atoms with van der Waals surface area (Å²) in [6, 6.07) is 4.34. The van der Waals surface area contributed by atoms with Crippen LogP contribution in [0.4, 0.5) is 0 Å². The number of rotatable bonds is 4. The van der Waals surface area contributed by atoms with Gasteiger partial charge in [-0.25, -0.2) is 0 Å². The lowest BCUT2D eigenvalue weighted by Gasteiger charge is -2.07. The van der Waals surface area contributed by atoms with E-state index in [1.807, 2.05) is 13.1 Å². The molecule has 0 aromatic carbocycles. The first-order valence-corrected chi connectivity index (χ1v) is 4.66. The first-order chi connectivity index (χ1) is 5.34. The second-order valence-electron chi connectivity index (χ2n) is 2.51. The highest BCUT2D eigenvalue weighted by Crippen LogP contribution is 2.18. The van der Waals surface area contributed by atoms with E-state index in [4.69, 9.17) is 5.73 Å². The Balaban J connectivity index is 2.36. The van der Waals surface area contributed by atoms with Crippen LogP contribution in [0, 0.1) is 0 Å². The van der Waals surface area contributed by atoms with Crippen LogP contribution in [0.15, 0.2) is 17.5 Å². The average molecular weight is 170 g/mol. The predicted octanol–water partition coefficient (Wildman–Crippen LogP) is 1.36. The predicted molar refractivity (Wildman–Crippen MR) is 49.8 cm³/mol. The molecule has 1 heterocycles. The Hall–Kier alpha value is -0.380. The zero-order chi connectivity index (χ0) is 8.10. The maximum Gasteiger partial charge on any atom is 0.0401 e. The van der Waals surface area contributed by atoms with Gasteiger partial charge in [0, 0.05) is 10.9 Å². The maximum atomic E-state index is 5.90. The fraction of sp³-hybridized carbons (Fsp3) is 0.500. The van der Waals surface area contributed by atoms with Gasteiger partial charge in [-0.15, -0.1) is 11.3 Å². The van der Waals surface area contributed by atoms with E-state index >= 15 is 0 Å². The molecule has 0 amide bonds. The van der Waals surface area contributed by atoms with Crippen LogP contribution in [-0.2, 0) is 0 Å². The molecule has 2 nitrogen and oxygen atoms in total. The van der Waals surface area contributed by atoms with Crippen molar-refractivity contribution < 1.29 is 0 Å². The molecule has 1 aromatic heterocycles. The molecular weight excluding hydrogens is 156 g/mol. The van der Waals surface area contributed by atoms with Crippen LogP contribution >= 0.6 is 11.3 Å². The molecule has 11 heavy (non-hydrogen) atoms. The smallest absolute Gasteiger partial charge is 0.0401 e. The summed E-state index contributed by atoms with van der Waals surface area (Å²) in [4.78, 5) is 1.28. The lowest BCUT2D eigenvalue weighted by atomic mass is 10.2. The standard InChI is InChI=1S/C8H14N2S/c1-10-5-4-7(9)8-3-2-6-11-8/h2-3,6-7,10H,4-5,9H2,1H3. The monoisotopic (exact) mass is 170 g/mol. The molecule has 0 aliphatic carbocycles. The van der Waals surface area contributed by atoms with Gasteiger partial charge in [-0.3, -0.25) is 0 Å². The van der Waals surface area contributed by atoms with E-state index in [9.17, 15) is 0 Å². The van der Waals surface area contributed by atoms with E-state index in [-0.39, 0.29) is 6.04 Å². The Morgan fingerprint density at radius 3 is 3.09 bits per heavy atom. The van der Waals surface area contributed by atoms with Crippen molar-refractivity contribution in [2.24, 2.45) is 5.73 Å². The summed E-state index contributed by atoms with van der Waals surface area (Å²) in [7, 11) is 1.95. The largest absolute Gasteiger partial charge is 0.323 e. The van der Waals surface area contributed by atoms with Gasteiger partial charge in [0.05, 0.1) is 0 Å². The third kappa shape index (κ3) is 2.61. The Morgan fingerprint density at radius 2 is 2.55 bits per heavy atom. The van der Waals surface area contributed by atoms with Gasteiger partial charge in [0.1, 0.15) is 0 Å². The van der Waals surface area contributed by atoms with E-state index in [0.717, 1.165) is 13.0 Å². The summed E-state index contributed by atoms with van der Waals surface area (Å²) in [6.45, 7) is 0.985. The number of nitrogens with one attached hydrogen (secondary N) is 1. The van der Waals surface area contributed by atoms with Gasteiger partial charge < -0.3 is 11.1 Å². The van der Waals surface area contributed by atoms with Crippen molar-refractivity contribution >= 4 is 11.3 Å². The van der Waals surface area contributed by atoms with Gasteiger partial charge in [0.15, 0.2) is 0 Å². The SMILES string of the molecule is CNCCC(N)c1cccs1. The van der Waals surface area contributed by atoms with Crippen molar-refractivity contribution in [3.05, 3.63) is 22.4 Å². The second kappa shape index (κ2) is 4.49. The van der Waals surface area contributed by atoms with Crippen molar-refractivity contribution in [1.29, 1.82) is 0 Å². The average Bonchev–Trinajstić information content (AvgIpc) is 2.52. The molecule has 0 spiro atoms. The van der Waals surface area contributed by atoms with Crippen LogP contribution in [0.25, 0.3) is 0 Å². The third-order valence-electron chi connectivity index (χ3n) is 1.61. The molecule has 0 saturated carbocycles. The minimum atomic E-state index is 0.211. The van der Waals surface area contributed by atoms with E-state index in [2.05, 4.69) is 16.8 Å². The number of thiophene rings is 1. The van der Waals surface area contributed by atoms with Crippen molar-refractivity contribution in [2.75, 3.05) is 13.6 Å². The van der Waals surface area contributed by atoms with Crippen LogP contribution in [0.1, 0.15) is 17.3 Å². The molecule has 0 bridgehead atoms. The molecule has 0 aliphatic rings. The molecule has 0 fully saturated rings. The van der Waals surface area contributed by atoms with Crippen LogP contribution in [0.3, 0.4) is 0 Å². The van der Waals surface area contributed by atoms with E-state index in [1.165, 1.54) is 4.88 Å². The van der Waals surface area contributed by atoms with Crippen LogP contribution in [0.2, 0.25) is 0 Å². The highest BCUT2D eigenvalue weighted by atomic mass is 32.1. The van der Waals surface area contributed by atoms with Crippen molar-refractivity contribution in [3.8, 4) is 0 Å². The lowest BCUT2D eigenvalue weighted by molar-refractivity contribution is 0.623. The molecule has 3 N–H and O–H groups in total. The Bertz CT molecular complexity index is 184. The van der Waals surface area contributed by atoms with Crippen LogP contribution < -0.4 is 11.1 Å². The Labute approximate surface area is 71.4 Å². The minimum absolute atomic E-state index is 0.211. The molecule has 0 aliphatic heterocycles. The lowest BCUT2D eigenvalue weighted by Crippen LogP contribution is -2.16. The molecular formula is C8H14N2S. The van der Waals surface area contributed by atoms with E-state index < -0.39 is 0 Å². The zero-order valence-corrected chi connectivity index (χ0v) is 7.53. The topological polar surface area (TPSA) is 38.0 Å². The summed E-state index contributed by atoms with van der Waals surface area (Å²) >= 11 is 1.73. The number of hydrogen-bond donors (Lipinski definition) is 2.